The molecule has 1 heterocycles. The van der Waals surface area contributed by atoms with Crippen LogP contribution >= 0.6 is 0 Å². The number of aromatic nitrogens is 1. The number of pyridine rings is 1. The van der Waals surface area contributed by atoms with E-state index in [-0.39, 0.29) is 17.4 Å². The number of carbonyl (C=O) groups excluding carboxylic acids is 1. The standard InChI is InChI=1S/C23H24N2O3/c1-28-15-14-25-17-20(12-13-22(25)26)23(27)24-16-21(18-8-4-2-5-9-18)19-10-6-3-7-11-19/h2-13,17,21H,14-16H2,1H3,(H,24,27). The zero-order chi connectivity index (χ0) is 19.8. The lowest BCUT2D eigenvalue weighted by Crippen LogP contribution is -2.30. The van der Waals surface area contributed by atoms with Gasteiger partial charge < -0.3 is 14.6 Å². The van der Waals surface area contributed by atoms with Crippen LogP contribution in [0.25, 0.3) is 0 Å². The van der Waals surface area contributed by atoms with Gasteiger partial charge in [0.05, 0.1) is 12.2 Å². The molecule has 1 N–H and O–H groups in total. The summed E-state index contributed by atoms with van der Waals surface area (Å²) in [5.41, 5.74) is 2.58. The Hall–Kier alpha value is -3.18. The Balaban J connectivity index is 1.76. The van der Waals surface area contributed by atoms with Gasteiger partial charge in [0.25, 0.3) is 11.5 Å². The molecule has 1 amide bonds. The molecule has 0 atom stereocenters. The maximum Gasteiger partial charge on any atom is 0.252 e. The van der Waals surface area contributed by atoms with Gasteiger partial charge >= 0.3 is 0 Å². The first kappa shape index (κ1) is 19.6. The van der Waals surface area contributed by atoms with Crippen molar-refractivity contribution < 1.29 is 9.53 Å². The number of methoxy groups -OCH3 is 1. The van der Waals surface area contributed by atoms with E-state index in [1.165, 1.54) is 10.6 Å². The zero-order valence-corrected chi connectivity index (χ0v) is 15.9. The molecule has 0 aliphatic heterocycles. The SMILES string of the molecule is COCCn1cc(C(=O)NCC(c2ccccc2)c2ccccc2)ccc1=O. The van der Waals surface area contributed by atoms with Crippen LogP contribution in [0.4, 0.5) is 0 Å². The third-order valence-electron chi connectivity index (χ3n) is 4.65. The zero-order valence-electron chi connectivity index (χ0n) is 15.9. The summed E-state index contributed by atoms with van der Waals surface area (Å²) in [5, 5.41) is 3.01. The predicted octanol–water partition coefficient (Wildman–Crippen LogP) is 3.06. The smallest absolute Gasteiger partial charge is 0.252 e. The third-order valence-corrected chi connectivity index (χ3v) is 4.65. The number of rotatable bonds is 8. The number of amides is 1. The quantitative estimate of drug-likeness (QED) is 0.657. The summed E-state index contributed by atoms with van der Waals surface area (Å²) in [6, 6.07) is 23.2. The first-order chi connectivity index (χ1) is 13.7. The van der Waals surface area contributed by atoms with Gasteiger partial charge in [-0.1, -0.05) is 60.7 Å². The number of ether oxygens (including phenoxy) is 1. The van der Waals surface area contributed by atoms with E-state index in [0.717, 1.165) is 11.1 Å². The molecule has 1 aromatic heterocycles. The average Bonchev–Trinajstić information content (AvgIpc) is 2.74. The molecule has 0 fully saturated rings. The van der Waals surface area contributed by atoms with E-state index < -0.39 is 0 Å². The molecule has 0 saturated heterocycles. The summed E-state index contributed by atoms with van der Waals surface area (Å²) in [6.07, 6.45) is 1.58. The second-order valence-corrected chi connectivity index (χ2v) is 6.53. The van der Waals surface area contributed by atoms with Crippen molar-refractivity contribution in [2.24, 2.45) is 0 Å². The topological polar surface area (TPSA) is 60.3 Å². The fourth-order valence-electron chi connectivity index (χ4n) is 3.13. The van der Waals surface area contributed by atoms with Crippen LogP contribution in [0.5, 0.6) is 0 Å². The highest BCUT2D eigenvalue weighted by Crippen LogP contribution is 2.23. The molecule has 0 bridgehead atoms. The summed E-state index contributed by atoms with van der Waals surface area (Å²) in [4.78, 5) is 24.6. The number of nitrogens with one attached hydrogen (secondary N) is 1. The molecule has 3 rings (SSSR count). The van der Waals surface area contributed by atoms with E-state index in [1.54, 1.807) is 19.4 Å². The maximum atomic E-state index is 12.7. The van der Waals surface area contributed by atoms with Gasteiger partial charge in [-0.15, -0.1) is 0 Å². The minimum Gasteiger partial charge on any atom is -0.383 e. The Kier molecular flexibility index (Phi) is 6.76. The fraction of sp³-hybridized carbons (Fsp3) is 0.217. The van der Waals surface area contributed by atoms with E-state index in [9.17, 15) is 9.59 Å². The van der Waals surface area contributed by atoms with Gasteiger partial charge in [-0.25, -0.2) is 0 Å². The molecule has 0 aliphatic carbocycles. The van der Waals surface area contributed by atoms with Crippen molar-refractivity contribution in [1.29, 1.82) is 0 Å². The van der Waals surface area contributed by atoms with Crippen LogP contribution in [-0.2, 0) is 11.3 Å². The highest BCUT2D eigenvalue weighted by Gasteiger charge is 2.16. The van der Waals surface area contributed by atoms with Gasteiger partial charge in [0.15, 0.2) is 0 Å². The van der Waals surface area contributed by atoms with Crippen molar-refractivity contribution >= 4 is 5.91 Å². The van der Waals surface area contributed by atoms with Crippen LogP contribution in [0.15, 0.2) is 83.8 Å². The second kappa shape index (κ2) is 9.67. The number of benzene rings is 2. The summed E-state index contributed by atoms with van der Waals surface area (Å²) in [6.45, 7) is 1.28. The molecule has 0 aliphatic rings. The lowest BCUT2D eigenvalue weighted by molar-refractivity contribution is 0.0951. The predicted molar refractivity (Wildman–Crippen MR) is 110 cm³/mol. The molecule has 5 nitrogen and oxygen atoms in total. The summed E-state index contributed by atoms with van der Waals surface area (Å²) in [7, 11) is 1.58. The highest BCUT2D eigenvalue weighted by atomic mass is 16.5. The van der Waals surface area contributed by atoms with Crippen LogP contribution < -0.4 is 10.9 Å². The van der Waals surface area contributed by atoms with Crippen LogP contribution in [0.2, 0.25) is 0 Å². The fourth-order valence-corrected chi connectivity index (χ4v) is 3.13. The van der Waals surface area contributed by atoms with Crippen molar-refractivity contribution in [3.05, 3.63) is 106 Å². The van der Waals surface area contributed by atoms with Gasteiger partial charge in [-0.05, 0) is 17.2 Å². The molecule has 0 radical (unpaired) electrons. The number of carbonyl (C=O) groups is 1. The van der Waals surface area contributed by atoms with E-state index in [2.05, 4.69) is 29.6 Å². The van der Waals surface area contributed by atoms with Gasteiger partial charge in [-0.3, -0.25) is 9.59 Å². The van der Waals surface area contributed by atoms with Crippen LogP contribution in [0.3, 0.4) is 0 Å². The normalized spacial score (nSPS) is 10.8. The van der Waals surface area contributed by atoms with Gasteiger partial charge in [0, 0.05) is 38.4 Å². The van der Waals surface area contributed by atoms with Crippen molar-refractivity contribution in [2.75, 3.05) is 20.3 Å². The number of nitrogens with zero attached hydrogens (tertiary/aromatic N) is 1. The van der Waals surface area contributed by atoms with Crippen molar-refractivity contribution in [1.82, 2.24) is 9.88 Å². The Morgan fingerprint density at radius 2 is 1.57 bits per heavy atom. The molecule has 0 saturated carbocycles. The minimum absolute atomic E-state index is 0.0470. The number of hydrogen-bond donors (Lipinski definition) is 1. The monoisotopic (exact) mass is 376 g/mol. The largest absolute Gasteiger partial charge is 0.383 e. The Morgan fingerprint density at radius 3 is 2.14 bits per heavy atom. The molecular formula is C23H24N2O3. The number of hydrogen-bond acceptors (Lipinski definition) is 3. The first-order valence-corrected chi connectivity index (χ1v) is 9.26. The summed E-state index contributed by atoms with van der Waals surface area (Å²) in [5.74, 6) is -0.159. The lowest BCUT2D eigenvalue weighted by atomic mass is 9.91. The Labute approximate surface area is 164 Å². The van der Waals surface area contributed by atoms with Crippen molar-refractivity contribution in [2.45, 2.75) is 12.5 Å². The Morgan fingerprint density at radius 1 is 0.964 bits per heavy atom. The van der Waals surface area contributed by atoms with Crippen LogP contribution in [0, 0.1) is 0 Å². The van der Waals surface area contributed by atoms with Gasteiger partial charge in [0.2, 0.25) is 0 Å². The molecule has 2 aromatic carbocycles. The first-order valence-electron chi connectivity index (χ1n) is 9.26. The van der Waals surface area contributed by atoms with E-state index in [1.807, 2.05) is 36.4 Å². The molecule has 28 heavy (non-hydrogen) atoms. The molecule has 0 unspecified atom stereocenters. The average molecular weight is 376 g/mol. The van der Waals surface area contributed by atoms with E-state index in [4.69, 9.17) is 4.74 Å². The molecule has 5 heteroatoms. The molecule has 3 aromatic rings. The van der Waals surface area contributed by atoms with Gasteiger partial charge in [-0.2, -0.15) is 0 Å². The second-order valence-electron chi connectivity index (χ2n) is 6.53. The van der Waals surface area contributed by atoms with E-state index in [0.29, 0.717) is 25.3 Å². The Bertz CT molecular complexity index is 913. The summed E-state index contributed by atoms with van der Waals surface area (Å²) < 4.78 is 6.51. The van der Waals surface area contributed by atoms with Crippen molar-refractivity contribution in [3.63, 3.8) is 0 Å². The molecule has 0 spiro atoms. The van der Waals surface area contributed by atoms with E-state index >= 15 is 0 Å². The maximum absolute atomic E-state index is 12.7. The molecule has 144 valence electrons. The van der Waals surface area contributed by atoms with Gasteiger partial charge in [0.1, 0.15) is 0 Å². The molecular weight excluding hydrogens is 352 g/mol. The van der Waals surface area contributed by atoms with Crippen LogP contribution in [0.1, 0.15) is 27.4 Å². The third kappa shape index (κ3) is 4.96. The van der Waals surface area contributed by atoms with Crippen LogP contribution in [-0.4, -0.2) is 30.7 Å². The lowest BCUT2D eigenvalue weighted by Gasteiger charge is -2.19. The van der Waals surface area contributed by atoms with Crippen molar-refractivity contribution in [3.8, 4) is 0 Å². The summed E-state index contributed by atoms with van der Waals surface area (Å²) >= 11 is 0. The minimum atomic E-state index is -0.206. The highest BCUT2D eigenvalue weighted by molar-refractivity contribution is 5.93.